The van der Waals surface area contributed by atoms with Gasteiger partial charge < -0.3 is 10.4 Å². The third kappa shape index (κ3) is 2.86. The van der Waals surface area contributed by atoms with Crippen molar-refractivity contribution in [3.05, 3.63) is 23.0 Å². The monoisotopic (exact) mass is 240 g/mol. The molecule has 2 rings (SSSR count). The van der Waals surface area contributed by atoms with Crippen molar-refractivity contribution in [2.45, 2.75) is 44.8 Å². The molecule has 1 aliphatic rings. The van der Waals surface area contributed by atoms with Crippen LogP contribution in [0.4, 0.5) is 5.69 Å². The fraction of sp³-hybridized carbons (Fsp3) is 0.583. The van der Waals surface area contributed by atoms with Gasteiger partial charge in [0.25, 0.3) is 0 Å². The van der Waals surface area contributed by atoms with E-state index in [4.69, 9.17) is 11.6 Å². The number of nitrogens with zero attached hydrogens (tertiary/aromatic N) is 1. The molecule has 0 amide bonds. The van der Waals surface area contributed by atoms with E-state index in [0.29, 0.717) is 11.2 Å². The molecular formula is C12H17ClN2O. The van der Waals surface area contributed by atoms with Gasteiger partial charge in [0, 0.05) is 23.5 Å². The third-order valence-corrected chi connectivity index (χ3v) is 3.29. The third-order valence-electron chi connectivity index (χ3n) is 3.09. The Balaban J connectivity index is 2.09. The molecule has 0 saturated heterocycles. The normalized spacial score (nSPS) is 17.4. The second-order valence-corrected chi connectivity index (χ2v) is 4.69. The predicted molar refractivity (Wildman–Crippen MR) is 65.7 cm³/mol. The minimum Gasteiger partial charge on any atom is -0.392 e. The predicted octanol–water partition coefficient (Wildman–Crippen LogP) is 2.97. The Morgan fingerprint density at radius 2 is 2.12 bits per heavy atom. The van der Waals surface area contributed by atoms with E-state index in [-0.39, 0.29) is 6.61 Å². The molecule has 88 valence electrons. The van der Waals surface area contributed by atoms with E-state index < -0.39 is 0 Å². The largest absolute Gasteiger partial charge is 0.392 e. The van der Waals surface area contributed by atoms with Gasteiger partial charge in [-0.05, 0) is 18.9 Å². The van der Waals surface area contributed by atoms with Crippen LogP contribution >= 0.6 is 11.6 Å². The van der Waals surface area contributed by atoms with Crippen LogP contribution in [0.25, 0.3) is 0 Å². The van der Waals surface area contributed by atoms with E-state index in [9.17, 15) is 5.11 Å². The summed E-state index contributed by atoms with van der Waals surface area (Å²) in [5.41, 5.74) is 1.74. The Morgan fingerprint density at radius 1 is 1.38 bits per heavy atom. The van der Waals surface area contributed by atoms with E-state index in [0.717, 1.165) is 11.3 Å². The van der Waals surface area contributed by atoms with Gasteiger partial charge in [-0.2, -0.15) is 0 Å². The molecule has 1 aliphatic carbocycles. The van der Waals surface area contributed by atoms with Crippen molar-refractivity contribution in [3.63, 3.8) is 0 Å². The minimum absolute atomic E-state index is 0.000772. The topological polar surface area (TPSA) is 45.2 Å². The highest BCUT2D eigenvalue weighted by molar-refractivity contribution is 6.29. The molecule has 1 fully saturated rings. The molecule has 1 aromatic heterocycles. The fourth-order valence-electron chi connectivity index (χ4n) is 2.19. The molecular weight excluding hydrogens is 224 g/mol. The molecule has 0 radical (unpaired) electrons. The van der Waals surface area contributed by atoms with Gasteiger partial charge in [-0.25, -0.2) is 4.98 Å². The van der Waals surface area contributed by atoms with Crippen LogP contribution in [0.5, 0.6) is 0 Å². The number of hydrogen-bond acceptors (Lipinski definition) is 3. The number of hydrogen-bond donors (Lipinski definition) is 2. The summed E-state index contributed by atoms with van der Waals surface area (Å²) in [4.78, 5) is 3.97. The first-order valence-electron chi connectivity index (χ1n) is 5.81. The number of rotatable bonds is 3. The van der Waals surface area contributed by atoms with Crippen LogP contribution in [0.3, 0.4) is 0 Å². The second-order valence-electron chi connectivity index (χ2n) is 4.30. The van der Waals surface area contributed by atoms with Gasteiger partial charge in [-0.1, -0.05) is 30.9 Å². The molecule has 0 spiro atoms. The van der Waals surface area contributed by atoms with Gasteiger partial charge in [0.2, 0.25) is 0 Å². The van der Waals surface area contributed by atoms with E-state index >= 15 is 0 Å². The molecule has 16 heavy (non-hydrogen) atoms. The van der Waals surface area contributed by atoms with Gasteiger partial charge >= 0.3 is 0 Å². The highest BCUT2D eigenvalue weighted by atomic mass is 35.5. The van der Waals surface area contributed by atoms with Crippen LogP contribution in [0, 0.1) is 0 Å². The highest BCUT2D eigenvalue weighted by Crippen LogP contribution is 2.25. The van der Waals surface area contributed by atoms with Crippen LogP contribution < -0.4 is 5.32 Å². The summed E-state index contributed by atoms with van der Waals surface area (Å²) in [6.45, 7) is -0.000772. The van der Waals surface area contributed by atoms with Crippen molar-refractivity contribution in [3.8, 4) is 0 Å². The quantitative estimate of drug-likeness (QED) is 0.799. The molecule has 0 atom stereocenters. The fourth-order valence-corrected chi connectivity index (χ4v) is 2.34. The van der Waals surface area contributed by atoms with Crippen molar-refractivity contribution in [1.29, 1.82) is 0 Å². The summed E-state index contributed by atoms with van der Waals surface area (Å²) in [6.07, 6.45) is 7.93. The molecule has 0 unspecified atom stereocenters. The van der Waals surface area contributed by atoms with Crippen LogP contribution in [0.2, 0.25) is 5.15 Å². The Kier molecular flexibility index (Phi) is 4.02. The first-order valence-corrected chi connectivity index (χ1v) is 6.19. The van der Waals surface area contributed by atoms with E-state index in [2.05, 4.69) is 10.3 Å². The smallest absolute Gasteiger partial charge is 0.131 e. The number of halogens is 1. The SMILES string of the molecule is OCc1cnc(Cl)cc1NC1CCCCC1. The van der Waals surface area contributed by atoms with Gasteiger partial charge in [0.05, 0.1) is 6.61 Å². The Hall–Kier alpha value is -0.800. The second kappa shape index (κ2) is 5.51. The number of aliphatic hydroxyl groups is 1. The maximum atomic E-state index is 9.22. The minimum atomic E-state index is -0.000772. The lowest BCUT2D eigenvalue weighted by molar-refractivity contribution is 0.282. The van der Waals surface area contributed by atoms with Crippen molar-refractivity contribution < 1.29 is 5.11 Å². The van der Waals surface area contributed by atoms with E-state index in [1.165, 1.54) is 32.1 Å². The molecule has 3 nitrogen and oxygen atoms in total. The van der Waals surface area contributed by atoms with Gasteiger partial charge in [-0.15, -0.1) is 0 Å². The zero-order chi connectivity index (χ0) is 11.4. The van der Waals surface area contributed by atoms with Crippen molar-refractivity contribution in [2.24, 2.45) is 0 Å². The zero-order valence-corrected chi connectivity index (χ0v) is 10.0. The average molecular weight is 241 g/mol. The maximum Gasteiger partial charge on any atom is 0.131 e. The summed E-state index contributed by atoms with van der Waals surface area (Å²) in [5.74, 6) is 0. The lowest BCUT2D eigenvalue weighted by atomic mass is 9.95. The molecule has 0 bridgehead atoms. The van der Waals surface area contributed by atoms with Crippen LogP contribution in [0.1, 0.15) is 37.7 Å². The standard InChI is InChI=1S/C12H17ClN2O/c13-12-6-11(9(8-16)7-14-12)15-10-4-2-1-3-5-10/h6-7,10,16H,1-5,8H2,(H,14,15). The van der Waals surface area contributed by atoms with Crippen LogP contribution in [0.15, 0.2) is 12.3 Å². The number of pyridine rings is 1. The molecule has 1 heterocycles. The first kappa shape index (κ1) is 11.7. The lowest BCUT2D eigenvalue weighted by Gasteiger charge is -2.24. The van der Waals surface area contributed by atoms with Crippen molar-refractivity contribution in [1.82, 2.24) is 4.98 Å². The van der Waals surface area contributed by atoms with Gasteiger partial charge in [0.1, 0.15) is 5.15 Å². The molecule has 0 aliphatic heterocycles. The van der Waals surface area contributed by atoms with Crippen LogP contribution in [-0.2, 0) is 6.61 Å². The summed E-state index contributed by atoms with van der Waals surface area (Å²) < 4.78 is 0. The molecule has 1 aromatic rings. The van der Waals surface area contributed by atoms with E-state index in [1.807, 2.05) is 0 Å². The number of anilines is 1. The Labute approximate surface area is 101 Å². The number of aromatic nitrogens is 1. The van der Waals surface area contributed by atoms with Gasteiger partial charge in [-0.3, -0.25) is 0 Å². The average Bonchev–Trinajstić information content (AvgIpc) is 2.31. The summed E-state index contributed by atoms with van der Waals surface area (Å²) in [7, 11) is 0. The van der Waals surface area contributed by atoms with Gasteiger partial charge in [0.15, 0.2) is 0 Å². The summed E-state index contributed by atoms with van der Waals surface area (Å²) in [6, 6.07) is 2.30. The summed E-state index contributed by atoms with van der Waals surface area (Å²) in [5, 5.41) is 13.1. The first-order chi connectivity index (χ1) is 7.79. The summed E-state index contributed by atoms with van der Waals surface area (Å²) >= 11 is 5.86. The van der Waals surface area contributed by atoms with Crippen molar-refractivity contribution in [2.75, 3.05) is 5.32 Å². The van der Waals surface area contributed by atoms with Crippen LogP contribution in [-0.4, -0.2) is 16.1 Å². The molecule has 2 N–H and O–H groups in total. The van der Waals surface area contributed by atoms with Crippen molar-refractivity contribution >= 4 is 17.3 Å². The highest BCUT2D eigenvalue weighted by Gasteiger charge is 2.14. The number of aliphatic hydroxyl groups excluding tert-OH is 1. The molecule has 0 aromatic carbocycles. The lowest BCUT2D eigenvalue weighted by Crippen LogP contribution is -2.23. The molecule has 1 saturated carbocycles. The maximum absolute atomic E-state index is 9.22. The Bertz CT molecular complexity index is 351. The zero-order valence-electron chi connectivity index (χ0n) is 9.25. The Morgan fingerprint density at radius 3 is 2.81 bits per heavy atom. The molecule has 4 heteroatoms. The number of nitrogens with one attached hydrogen (secondary N) is 1. The van der Waals surface area contributed by atoms with E-state index in [1.54, 1.807) is 12.3 Å².